The van der Waals surface area contributed by atoms with Crippen LogP contribution in [0.5, 0.6) is 0 Å². The van der Waals surface area contributed by atoms with E-state index in [1.807, 2.05) is 17.2 Å². The smallest absolute Gasteiger partial charge is 0.275 e. The highest BCUT2D eigenvalue weighted by atomic mass is 19.1. The second-order valence-corrected chi connectivity index (χ2v) is 9.18. The molecular formula is C27H29FN4O2. The minimum atomic E-state index is -0.385. The Hall–Kier alpha value is -3.61. The Balaban J connectivity index is 1.27. The van der Waals surface area contributed by atoms with Gasteiger partial charge in [-0.05, 0) is 68.3 Å². The van der Waals surface area contributed by atoms with Crippen LogP contribution in [-0.4, -0.2) is 45.5 Å². The van der Waals surface area contributed by atoms with E-state index in [1.54, 1.807) is 21.1 Å². The fourth-order valence-corrected chi connectivity index (χ4v) is 5.07. The molecule has 1 amide bonds. The molecule has 0 bridgehead atoms. The van der Waals surface area contributed by atoms with Crippen LogP contribution in [0.3, 0.4) is 0 Å². The summed E-state index contributed by atoms with van der Waals surface area (Å²) in [6.45, 7) is 6.76. The number of halogens is 1. The summed E-state index contributed by atoms with van der Waals surface area (Å²) in [6.07, 6.45) is 2.68. The van der Waals surface area contributed by atoms with E-state index in [9.17, 15) is 14.0 Å². The van der Waals surface area contributed by atoms with Gasteiger partial charge < -0.3 is 18.8 Å². The molecule has 1 fully saturated rings. The van der Waals surface area contributed by atoms with Crippen LogP contribution >= 0.6 is 0 Å². The second-order valence-electron chi connectivity index (χ2n) is 9.18. The van der Waals surface area contributed by atoms with Crippen molar-refractivity contribution in [3.63, 3.8) is 0 Å². The van der Waals surface area contributed by atoms with Crippen LogP contribution in [0, 0.1) is 12.7 Å². The normalized spacial score (nSPS) is 16.5. The van der Waals surface area contributed by atoms with E-state index in [1.165, 1.54) is 23.4 Å². The zero-order chi connectivity index (χ0) is 23.8. The third-order valence-corrected chi connectivity index (χ3v) is 6.79. The van der Waals surface area contributed by atoms with Gasteiger partial charge >= 0.3 is 0 Å². The average Bonchev–Trinajstić information content (AvgIpc) is 3.31. The standard InChI is InChI=1S/C27H29FN4O2/c1-19-6-3-7-22(16-19)30-15-14-29(18-20(30)2)26(33)9-5-13-32-25-17-21(28)10-11-23(25)31-12-4-8-24(31)27(32)34/h3-4,6-8,10-12,16-17,20H,5,9,13-15,18H2,1-2H3. The number of aryl methyl sites for hydroxylation is 2. The molecule has 0 aliphatic carbocycles. The predicted molar refractivity (Wildman–Crippen MR) is 133 cm³/mol. The number of amides is 1. The fraction of sp³-hybridized carbons (Fsp3) is 0.333. The maximum Gasteiger partial charge on any atom is 0.275 e. The van der Waals surface area contributed by atoms with Crippen molar-refractivity contribution in [1.82, 2.24) is 13.9 Å². The van der Waals surface area contributed by atoms with Crippen molar-refractivity contribution in [1.29, 1.82) is 0 Å². The number of hydrogen-bond donors (Lipinski definition) is 0. The van der Waals surface area contributed by atoms with E-state index in [2.05, 4.69) is 43.0 Å². The molecule has 5 rings (SSSR count). The molecule has 1 unspecified atom stereocenters. The van der Waals surface area contributed by atoms with Crippen molar-refractivity contribution in [2.45, 2.75) is 39.3 Å². The lowest BCUT2D eigenvalue weighted by atomic mass is 10.1. The summed E-state index contributed by atoms with van der Waals surface area (Å²) in [5, 5.41) is 0. The predicted octanol–water partition coefficient (Wildman–Crippen LogP) is 4.22. The summed E-state index contributed by atoms with van der Waals surface area (Å²) in [6, 6.07) is 16.7. The summed E-state index contributed by atoms with van der Waals surface area (Å²) in [4.78, 5) is 30.3. The number of hydrogen-bond acceptors (Lipinski definition) is 3. The van der Waals surface area contributed by atoms with Gasteiger partial charge in [0, 0.05) is 50.5 Å². The van der Waals surface area contributed by atoms with Gasteiger partial charge in [0.2, 0.25) is 5.91 Å². The Morgan fingerprint density at radius 2 is 1.88 bits per heavy atom. The number of fused-ring (bicyclic) bond motifs is 3. The molecule has 0 N–H and O–H groups in total. The van der Waals surface area contributed by atoms with E-state index < -0.39 is 0 Å². The number of anilines is 1. The Morgan fingerprint density at radius 1 is 1.03 bits per heavy atom. The van der Waals surface area contributed by atoms with Gasteiger partial charge in [-0.2, -0.15) is 0 Å². The van der Waals surface area contributed by atoms with Crippen LogP contribution in [0.1, 0.15) is 25.3 Å². The Kier molecular flexibility index (Phi) is 5.86. The molecule has 2 aromatic heterocycles. The van der Waals surface area contributed by atoms with Gasteiger partial charge in [0.1, 0.15) is 11.3 Å². The van der Waals surface area contributed by atoms with E-state index in [0.717, 1.165) is 12.1 Å². The van der Waals surface area contributed by atoms with Gasteiger partial charge in [-0.1, -0.05) is 12.1 Å². The first kappa shape index (κ1) is 22.2. The third-order valence-electron chi connectivity index (χ3n) is 6.79. The summed E-state index contributed by atoms with van der Waals surface area (Å²) < 4.78 is 17.4. The van der Waals surface area contributed by atoms with E-state index >= 15 is 0 Å². The molecule has 1 aliphatic rings. The zero-order valence-electron chi connectivity index (χ0n) is 19.6. The van der Waals surface area contributed by atoms with Crippen molar-refractivity contribution in [3.05, 3.63) is 82.5 Å². The van der Waals surface area contributed by atoms with E-state index in [-0.39, 0.29) is 23.3 Å². The zero-order valence-corrected chi connectivity index (χ0v) is 19.6. The van der Waals surface area contributed by atoms with Crippen molar-refractivity contribution < 1.29 is 9.18 Å². The minimum Gasteiger partial charge on any atom is -0.365 e. The highest BCUT2D eigenvalue weighted by molar-refractivity contribution is 5.79. The molecule has 1 atom stereocenters. The first-order valence-electron chi connectivity index (χ1n) is 11.8. The number of piperazine rings is 1. The molecule has 4 aromatic rings. The molecule has 3 heterocycles. The summed E-state index contributed by atoms with van der Waals surface area (Å²) in [5.74, 6) is -0.285. The molecule has 2 aromatic carbocycles. The van der Waals surface area contributed by atoms with Crippen LogP contribution < -0.4 is 10.5 Å². The van der Waals surface area contributed by atoms with Crippen molar-refractivity contribution >= 4 is 28.1 Å². The van der Waals surface area contributed by atoms with Crippen LogP contribution in [-0.2, 0) is 11.3 Å². The first-order chi connectivity index (χ1) is 16.4. The second kappa shape index (κ2) is 8.97. The van der Waals surface area contributed by atoms with Crippen molar-refractivity contribution in [2.75, 3.05) is 24.5 Å². The van der Waals surface area contributed by atoms with Gasteiger partial charge in [-0.25, -0.2) is 4.39 Å². The maximum absolute atomic E-state index is 14.0. The van der Waals surface area contributed by atoms with Crippen molar-refractivity contribution in [3.8, 4) is 0 Å². The molecule has 6 nitrogen and oxygen atoms in total. The number of nitrogens with zero attached hydrogens (tertiary/aromatic N) is 4. The van der Waals surface area contributed by atoms with Gasteiger partial charge in [-0.3, -0.25) is 9.59 Å². The SMILES string of the molecule is Cc1cccc(N2CCN(C(=O)CCCn3c(=O)c4cccn4c4ccc(F)cc43)CC2C)c1. The first-order valence-corrected chi connectivity index (χ1v) is 11.8. The number of aromatic nitrogens is 2. The Morgan fingerprint density at radius 3 is 2.68 bits per heavy atom. The lowest BCUT2D eigenvalue weighted by molar-refractivity contribution is -0.132. The number of benzene rings is 2. The third kappa shape index (κ3) is 4.06. The topological polar surface area (TPSA) is 50.0 Å². The molecule has 1 aliphatic heterocycles. The Bertz CT molecular complexity index is 1420. The lowest BCUT2D eigenvalue weighted by Gasteiger charge is -2.41. The molecule has 0 saturated carbocycles. The molecule has 7 heteroatoms. The minimum absolute atomic E-state index is 0.100. The van der Waals surface area contributed by atoms with Gasteiger partial charge in [0.25, 0.3) is 5.56 Å². The highest BCUT2D eigenvalue weighted by Gasteiger charge is 2.26. The molecule has 0 radical (unpaired) electrons. The van der Waals surface area contributed by atoms with Crippen LogP contribution in [0.4, 0.5) is 10.1 Å². The monoisotopic (exact) mass is 460 g/mol. The summed E-state index contributed by atoms with van der Waals surface area (Å²) in [5.41, 5.74) is 4.11. The molecule has 1 saturated heterocycles. The summed E-state index contributed by atoms with van der Waals surface area (Å²) >= 11 is 0. The van der Waals surface area contributed by atoms with Crippen LogP contribution in [0.2, 0.25) is 0 Å². The van der Waals surface area contributed by atoms with Gasteiger partial charge in [-0.15, -0.1) is 0 Å². The quantitative estimate of drug-likeness (QED) is 0.448. The fourth-order valence-electron chi connectivity index (χ4n) is 5.07. The maximum atomic E-state index is 14.0. The largest absolute Gasteiger partial charge is 0.365 e. The van der Waals surface area contributed by atoms with Gasteiger partial charge in [0.15, 0.2) is 0 Å². The molecular weight excluding hydrogens is 431 g/mol. The number of carbonyl (C=O) groups excluding carboxylic acids is 1. The average molecular weight is 461 g/mol. The van der Waals surface area contributed by atoms with Gasteiger partial charge in [0.05, 0.1) is 11.0 Å². The molecule has 34 heavy (non-hydrogen) atoms. The lowest BCUT2D eigenvalue weighted by Crippen LogP contribution is -2.53. The molecule has 176 valence electrons. The number of carbonyl (C=O) groups is 1. The number of rotatable bonds is 5. The summed E-state index contributed by atoms with van der Waals surface area (Å²) in [7, 11) is 0. The van der Waals surface area contributed by atoms with Crippen molar-refractivity contribution in [2.24, 2.45) is 0 Å². The van der Waals surface area contributed by atoms with Crippen LogP contribution in [0.15, 0.2) is 65.6 Å². The Labute approximate surface area is 197 Å². The van der Waals surface area contributed by atoms with E-state index in [4.69, 9.17) is 0 Å². The van der Waals surface area contributed by atoms with Crippen LogP contribution in [0.25, 0.3) is 16.6 Å². The molecule has 0 spiro atoms. The highest BCUT2D eigenvalue weighted by Crippen LogP contribution is 2.22. The van der Waals surface area contributed by atoms with E-state index in [0.29, 0.717) is 43.5 Å².